The number of carbonyl (C=O) groups is 1. The fraction of sp³-hybridized carbons (Fsp3) is 0.632. The molecule has 0 aliphatic carbocycles. The van der Waals surface area contributed by atoms with E-state index in [1.807, 2.05) is 18.2 Å². The van der Waals surface area contributed by atoms with Gasteiger partial charge >= 0.3 is 0 Å². The molecule has 132 valence electrons. The Bertz CT molecular complexity index is 537. The number of benzene rings is 1. The molecular weight excluding hydrogens is 304 g/mol. The van der Waals surface area contributed by atoms with Crippen LogP contribution >= 0.6 is 0 Å². The Labute approximate surface area is 144 Å². The zero-order valence-corrected chi connectivity index (χ0v) is 14.5. The maximum absolute atomic E-state index is 12.4. The summed E-state index contributed by atoms with van der Waals surface area (Å²) in [4.78, 5) is 14.8. The predicted molar refractivity (Wildman–Crippen MR) is 93.0 cm³/mol. The summed E-state index contributed by atoms with van der Waals surface area (Å²) in [6.07, 6.45) is 1.53. The van der Waals surface area contributed by atoms with Crippen molar-refractivity contribution in [3.05, 3.63) is 35.4 Å². The topological polar surface area (TPSA) is 50.8 Å². The molecule has 0 saturated carbocycles. The van der Waals surface area contributed by atoms with Gasteiger partial charge in [-0.25, -0.2) is 0 Å². The van der Waals surface area contributed by atoms with Crippen LogP contribution in [0.15, 0.2) is 24.3 Å². The van der Waals surface area contributed by atoms with E-state index in [2.05, 4.69) is 23.2 Å². The molecule has 5 heteroatoms. The number of hydrogen-bond donors (Lipinski definition) is 1. The van der Waals surface area contributed by atoms with Gasteiger partial charge in [-0.3, -0.25) is 9.69 Å². The van der Waals surface area contributed by atoms with Crippen LogP contribution in [-0.4, -0.2) is 62.9 Å². The van der Waals surface area contributed by atoms with Crippen LogP contribution in [-0.2, 0) is 20.7 Å². The minimum absolute atomic E-state index is 0.0986. The van der Waals surface area contributed by atoms with Crippen molar-refractivity contribution in [1.29, 1.82) is 0 Å². The Morgan fingerprint density at radius 1 is 1.25 bits per heavy atom. The van der Waals surface area contributed by atoms with Crippen LogP contribution in [0, 0.1) is 12.8 Å². The number of nitrogens with one attached hydrogen (secondary N) is 1. The van der Waals surface area contributed by atoms with Crippen LogP contribution < -0.4 is 5.32 Å². The number of amides is 1. The van der Waals surface area contributed by atoms with E-state index in [4.69, 9.17) is 9.47 Å². The van der Waals surface area contributed by atoms with Gasteiger partial charge in [0, 0.05) is 38.2 Å². The van der Waals surface area contributed by atoms with Gasteiger partial charge in [0.15, 0.2) is 0 Å². The number of nitrogens with zero attached hydrogens (tertiary/aromatic N) is 1. The molecule has 0 radical (unpaired) electrons. The Morgan fingerprint density at radius 2 is 2.04 bits per heavy atom. The fourth-order valence-corrected chi connectivity index (χ4v) is 3.62. The van der Waals surface area contributed by atoms with Crippen LogP contribution in [0.2, 0.25) is 0 Å². The molecule has 2 aliphatic heterocycles. The Kier molecular flexibility index (Phi) is 6.24. The van der Waals surface area contributed by atoms with Crippen molar-refractivity contribution >= 4 is 5.91 Å². The maximum atomic E-state index is 12.4. The smallest absolute Gasteiger partial charge is 0.224 e. The summed E-state index contributed by atoms with van der Waals surface area (Å²) >= 11 is 0. The van der Waals surface area contributed by atoms with Gasteiger partial charge in [-0.1, -0.05) is 24.3 Å². The lowest BCUT2D eigenvalue weighted by Crippen LogP contribution is -2.52. The molecule has 1 N–H and O–H groups in total. The number of hydrogen-bond acceptors (Lipinski definition) is 4. The highest BCUT2D eigenvalue weighted by molar-refractivity contribution is 5.78. The van der Waals surface area contributed by atoms with E-state index in [1.165, 1.54) is 5.56 Å². The van der Waals surface area contributed by atoms with E-state index in [0.717, 1.165) is 51.5 Å². The van der Waals surface area contributed by atoms with Gasteiger partial charge in [0.05, 0.1) is 26.2 Å². The zero-order valence-electron chi connectivity index (χ0n) is 14.5. The second-order valence-corrected chi connectivity index (χ2v) is 6.75. The minimum Gasteiger partial charge on any atom is -0.381 e. The summed E-state index contributed by atoms with van der Waals surface area (Å²) in [6, 6.07) is 8.42. The number of rotatable bonds is 6. The highest BCUT2D eigenvalue weighted by Gasteiger charge is 2.31. The third-order valence-corrected chi connectivity index (χ3v) is 5.14. The molecule has 2 aliphatic rings. The number of morpholine rings is 1. The average molecular weight is 332 g/mol. The van der Waals surface area contributed by atoms with Crippen molar-refractivity contribution in [2.75, 3.05) is 46.1 Å². The van der Waals surface area contributed by atoms with Crippen LogP contribution in [0.5, 0.6) is 0 Å². The van der Waals surface area contributed by atoms with Crippen molar-refractivity contribution in [2.45, 2.75) is 25.8 Å². The predicted octanol–water partition coefficient (Wildman–Crippen LogP) is 1.39. The van der Waals surface area contributed by atoms with Gasteiger partial charge in [-0.05, 0) is 24.5 Å². The summed E-state index contributed by atoms with van der Waals surface area (Å²) in [5, 5.41) is 3.16. The normalized spacial score (nSPS) is 23.1. The molecule has 3 rings (SSSR count). The van der Waals surface area contributed by atoms with Crippen LogP contribution in [0.1, 0.15) is 17.5 Å². The molecule has 1 amide bonds. The van der Waals surface area contributed by atoms with Gasteiger partial charge < -0.3 is 14.8 Å². The molecule has 2 saturated heterocycles. The van der Waals surface area contributed by atoms with Crippen molar-refractivity contribution < 1.29 is 14.3 Å². The minimum atomic E-state index is 0.0986. The first-order valence-electron chi connectivity index (χ1n) is 8.95. The van der Waals surface area contributed by atoms with Crippen molar-refractivity contribution in [1.82, 2.24) is 10.2 Å². The van der Waals surface area contributed by atoms with Crippen molar-refractivity contribution in [2.24, 2.45) is 5.92 Å². The lowest BCUT2D eigenvalue weighted by atomic mass is 9.96. The number of aryl methyl sites for hydroxylation is 1. The zero-order chi connectivity index (χ0) is 16.8. The average Bonchev–Trinajstić information content (AvgIpc) is 3.12. The third-order valence-electron chi connectivity index (χ3n) is 5.14. The Hall–Kier alpha value is -1.43. The third kappa shape index (κ3) is 4.56. The molecule has 0 spiro atoms. The standard InChI is InChI=1S/C19H28N2O3/c1-15-4-2-3-5-16(15)12-19(22)20-13-18(17-6-9-24-14-17)21-7-10-23-11-8-21/h2-5,17-18H,6-14H2,1H3,(H,20,22)/t17-,18-/m1/s1. The second kappa shape index (κ2) is 8.60. The molecule has 0 bridgehead atoms. The molecule has 1 aromatic carbocycles. The van der Waals surface area contributed by atoms with Gasteiger partial charge in [0.2, 0.25) is 5.91 Å². The first-order chi connectivity index (χ1) is 11.7. The molecule has 0 aromatic heterocycles. The highest BCUT2D eigenvalue weighted by Crippen LogP contribution is 2.22. The van der Waals surface area contributed by atoms with E-state index in [1.54, 1.807) is 0 Å². The van der Waals surface area contributed by atoms with Crippen molar-refractivity contribution in [3.8, 4) is 0 Å². The van der Waals surface area contributed by atoms with Gasteiger partial charge in [-0.2, -0.15) is 0 Å². The van der Waals surface area contributed by atoms with Gasteiger partial charge in [0.25, 0.3) is 0 Å². The van der Waals surface area contributed by atoms with E-state index >= 15 is 0 Å². The molecular formula is C19H28N2O3. The van der Waals surface area contributed by atoms with Crippen LogP contribution in [0.25, 0.3) is 0 Å². The fourth-order valence-electron chi connectivity index (χ4n) is 3.62. The summed E-state index contributed by atoms with van der Waals surface area (Å²) in [6.45, 7) is 7.82. The van der Waals surface area contributed by atoms with E-state index in [-0.39, 0.29) is 5.91 Å². The van der Waals surface area contributed by atoms with Gasteiger partial charge in [0.1, 0.15) is 0 Å². The molecule has 1 aromatic rings. The molecule has 0 unspecified atom stereocenters. The van der Waals surface area contributed by atoms with Crippen LogP contribution in [0.3, 0.4) is 0 Å². The second-order valence-electron chi connectivity index (χ2n) is 6.75. The first-order valence-corrected chi connectivity index (χ1v) is 8.95. The molecule has 24 heavy (non-hydrogen) atoms. The largest absolute Gasteiger partial charge is 0.381 e. The summed E-state index contributed by atoms with van der Waals surface area (Å²) in [5.74, 6) is 0.600. The monoisotopic (exact) mass is 332 g/mol. The van der Waals surface area contributed by atoms with E-state index in [0.29, 0.717) is 24.9 Å². The molecule has 5 nitrogen and oxygen atoms in total. The summed E-state index contributed by atoms with van der Waals surface area (Å²) in [5.41, 5.74) is 2.27. The lowest BCUT2D eigenvalue weighted by Gasteiger charge is -2.37. The molecule has 2 fully saturated rings. The SMILES string of the molecule is Cc1ccccc1CC(=O)NC[C@H]([C@@H]1CCOC1)N1CCOCC1. The van der Waals surface area contributed by atoms with Crippen LogP contribution in [0.4, 0.5) is 0 Å². The lowest BCUT2D eigenvalue weighted by molar-refractivity contribution is -0.121. The highest BCUT2D eigenvalue weighted by atomic mass is 16.5. The van der Waals surface area contributed by atoms with Gasteiger partial charge in [-0.15, -0.1) is 0 Å². The Balaban J connectivity index is 1.56. The number of ether oxygens (including phenoxy) is 2. The molecule has 2 heterocycles. The first kappa shape index (κ1) is 17.4. The number of carbonyl (C=O) groups excluding carboxylic acids is 1. The van der Waals surface area contributed by atoms with E-state index < -0.39 is 0 Å². The quantitative estimate of drug-likeness (QED) is 0.855. The Morgan fingerprint density at radius 3 is 2.75 bits per heavy atom. The summed E-state index contributed by atoms with van der Waals surface area (Å²) < 4.78 is 11.0. The van der Waals surface area contributed by atoms with Crippen molar-refractivity contribution in [3.63, 3.8) is 0 Å². The summed E-state index contributed by atoms with van der Waals surface area (Å²) in [7, 11) is 0. The maximum Gasteiger partial charge on any atom is 0.224 e. The van der Waals surface area contributed by atoms with E-state index in [9.17, 15) is 4.79 Å². The molecule has 2 atom stereocenters.